The highest BCUT2D eigenvalue weighted by molar-refractivity contribution is 5.87. The Hall–Kier alpha value is -2.30. The van der Waals surface area contributed by atoms with Crippen molar-refractivity contribution in [3.63, 3.8) is 0 Å². The number of rotatable bonds is 3. The number of hydrogen-bond acceptors (Lipinski definition) is 3. The molecular weight excluding hydrogens is 242 g/mol. The molecule has 0 saturated carbocycles. The highest BCUT2D eigenvalue weighted by atomic mass is 16.4. The van der Waals surface area contributed by atoms with Crippen molar-refractivity contribution in [2.24, 2.45) is 0 Å². The molecular formula is C14H17N3O2. The van der Waals surface area contributed by atoms with Crippen LogP contribution in [0.4, 0.5) is 5.69 Å². The van der Waals surface area contributed by atoms with Crippen LogP contribution in [0.2, 0.25) is 0 Å². The van der Waals surface area contributed by atoms with Gasteiger partial charge in [0.25, 0.3) is 0 Å². The summed E-state index contributed by atoms with van der Waals surface area (Å²) in [5.74, 6) is -0.979. The van der Waals surface area contributed by atoms with E-state index in [1.807, 2.05) is 39.0 Å². The predicted octanol–water partition coefficient (Wildman–Crippen LogP) is 2.72. The van der Waals surface area contributed by atoms with Crippen molar-refractivity contribution < 1.29 is 9.90 Å². The fourth-order valence-electron chi connectivity index (χ4n) is 1.89. The molecule has 100 valence electrons. The Morgan fingerprint density at radius 2 is 2.05 bits per heavy atom. The molecule has 0 unspecified atom stereocenters. The molecule has 3 N–H and O–H groups in total. The third kappa shape index (κ3) is 2.45. The standard InChI is InChI=1S/C14H17N3O2/c1-8(2)17-13(14(18)19)7-12(16-17)10-5-4-9(3)11(15)6-10/h4-8H,15H2,1-3H3,(H,18,19). The molecule has 19 heavy (non-hydrogen) atoms. The fourth-order valence-corrected chi connectivity index (χ4v) is 1.89. The van der Waals surface area contributed by atoms with Crippen LogP contribution in [-0.4, -0.2) is 20.9 Å². The lowest BCUT2D eigenvalue weighted by Gasteiger charge is -2.07. The summed E-state index contributed by atoms with van der Waals surface area (Å²) in [7, 11) is 0. The minimum absolute atomic E-state index is 0.0114. The quantitative estimate of drug-likeness (QED) is 0.830. The number of nitrogens with zero attached hydrogens (tertiary/aromatic N) is 2. The van der Waals surface area contributed by atoms with Gasteiger partial charge in [0.05, 0.1) is 5.69 Å². The lowest BCUT2D eigenvalue weighted by atomic mass is 10.1. The molecule has 5 nitrogen and oxygen atoms in total. The Balaban J connectivity index is 2.54. The van der Waals surface area contributed by atoms with E-state index in [9.17, 15) is 9.90 Å². The monoisotopic (exact) mass is 259 g/mol. The predicted molar refractivity (Wildman–Crippen MR) is 74.2 cm³/mol. The molecule has 2 aromatic rings. The molecule has 2 rings (SSSR count). The van der Waals surface area contributed by atoms with Gasteiger partial charge in [-0.1, -0.05) is 12.1 Å². The first-order valence-electron chi connectivity index (χ1n) is 6.09. The van der Waals surface area contributed by atoms with E-state index in [0.717, 1.165) is 11.1 Å². The van der Waals surface area contributed by atoms with Gasteiger partial charge >= 0.3 is 5.97 Å². The summed E-state index contributed by atoms with van der Waals surface area (Å²) in [6.07, 6.45) is 0. The summed E-state index contributed by atoms with van der Waals surface area (Å²) in [6.45, 7) is 5.72. The van der Waals surface area contributed by atoms with Crippen LogP contribution in [0.15, 0.2) is 24.3 Å². The summed E-state index contributed by atoms with van der Waals surface area (Å²) >= 11 is 0. The minimum Gasteiger partial charge on any atom is -0.477 e. The van der Waals surface area contributed by atoms with E-state index in [4.69, 9.17) is 5.73 Å². The van der Waals surface area contributed by atoms with Crippen molar-refractivity contribution in [3.05, 3.63) is 35.5 Å². The second-order valence-electron chi connectivity index (χ2n) is 4.83. The molecule has 0 spiro atoms. The van der Waals surface area contributed by atoms with Crippen LogP contribution in [0.5, 0.6) is 0 Å². The number of hydrogen-bond donors (Lipinski definition) is 2. The Kier molecular flexibility index (Phi) is 3.29. The van der Waals surface area contributed by atoms with Crippen LogP contribution >= 0.6 is 0 Å². The number of anilines is 1. The van der Waals surface area contributed by atoms with Gasteiger partial charge in [-0.15, -0.1) is 0 Å². The summed E-state index contributed by atoms with van der Waals surface area (Å²) in [5.41, 5.74) is 9.17. The number of carboxylic acid groups (broad SMARTS) is 1. The first kappa shape index (κ1) is 13.1. The Morgan fingerprint density at radius 3 is 2.53 bits per heavy atom. The van der Waals surface area contributed by atoms with Gasteiger partial charge < -0.3 is 10.8 Å². The smallest absolute Gasteiger partial charge is 0.354 e. The SMILES string of the molecule is Cc1ccc(-c2cc(C(=O)O)n(C(C)C)n2)cc1N. The lowest BCUT2D eigenvalue weighted by molar-refractivity contribution is 0.0681. The maximum atomic E-state index is 11.2. The fraction of sp³-hybridized carbons (Fsp3) is 0.286. The highest BCUT2D eigenvalue weighted by Gasteiger charge is 2.17. The molecule has 0 fully saturated rings. The third-order valence-electron chi connectivity index (χ3n) is 3.02. The number of nitrogen functional groups attached to an aromatic ring is 1. The average molecular weight is 259 g/mol. The van der Waals surface area contributed by atoms with Gasteiger partial charge in [-0.2, -0.15) is 5.10 Å². The Morgan fingerprint density at radius 1 is 1.37 bits per heavy atom. The Labute approximate surface area is 111 Å². The Bertz CT molecular complexity index is 630. The van der Waals surface area contributed by atoms with E-state index in [1.54, 1.807) is 6.07 Å². The number of benzene rings is 1. The molecule has 1 aromatic carbocycles. The number of aromatic carboxylic acids is 1. The van der Waals surface area contributed by atoms with Crippen LogP contribution in [0.3, 0.4) is 0 Å². The number of carbonyl (C=O) groups is 1. The van der Waals surface area contributed by atoms with Gasteiger partial charge in [-0.05, 0) is 38.5 Å². The number of aromatic nitrogens is 2. The van der Waals surface area contributed by atoms with Gasteiger partial charge in [0.2, 0.25) is 0 Å². The molecule has 0 aliphatic rings. The number of nitrogens with two attached hydrogens (primary N) is 1. The molecule has 0 saturated heterocycles. The molecule has 0 amide bonds. The van der Waals surface area contributed by atoms with Crippen molar-refractivity contribution in [1.82, 2.24) is 9.78 Å². The van der Waals surface area contributed by atoms with Crippen LogP contribution in [0, 0.1) is 6.92 Å². The third-order valence-corrected chi connectivity index (χ3v) is 3.02. The average Bonchev–Trinajstić information content (AvgIpc) is 2.78. The van der Waals surface area contributed by atoms with Crippen molar-refractivity contribution in [2.75, 3.05) is 5.73 Å². The largest absolute Gasteiger partial charge is 0.477 e. The van der Waals surface area contributed by atoms with Crippen LogP contribution in [0.25, 0.3) is 11.3 Å². The van der Waals surface area contributed by atoms with Gasteiger partial charge in [0.1, 0.15) is 5.69 Å². The van der Waals surface area contributed by atoms with Crippen molar-refractivity contribution in [2.45, 2.75) is 26.8 Å². The molecule has 0 radical (unpaired) electrons. The lowest BCUT2D eigenvalue weighted by Crippen LogP contribution is -2.11. The first-order chi connectivity index (χ1) is 8.90. The zero-order valence-corrected chi connectivity index (χ0v) is 11.2. The van der Waals surface area contributed by atoms with Crippen molar-refractivity contribution >= 4 is 11.7 Å². The summed E-state index contributed by atoms with van der Waals surface area (Å²) in [5, 5.41) is 13.5. The topological polar surface area (TPSA) is 81.1 Å². The summed E-state index contributed by atoms with van der Waals surface area (Å²) in [6, 6.07) is 7.17. The van der Waals surface area contributed by atoms with E-state index < -0.39 is 5.97 Å². The van der Waals surface area contributed by atoms with Gasteiger partial charge in [-0.25, -0.2) is 4.79 Å². The molecule has 0 bridgehead atoms. The number of aryl methyl sites for hydroxylation is 1. The van der Waals surface area contributed by atoms with Crippen LogP contribution in [0.1, 0.15) is 35.9 Å². The maximum Gasteiger partial charge on any atom is 0.354 e. The molecule has 5 heteroatoms. The van der Waals surface area contributed by atoms with E-state index in [0.29, 0.717) is 11.4 Å². The maximum absolute atomic E-state index is 11.2. The number of carboxylic acids is 1. The molecule has 0 aliphatic carbocycles. The normalized spacial score (nSPS) is 10.9. The van der Waals surface area contributed by atoms with Crippen LogP contribution in [-0.2, 0) is 0 Å². The second kappa shape index (κ2) is 4.76. The molecule has 1 aromatic heterocycles. The minimum atomic E-state index is -0.979. The molecule has 0 aliphatic heterocycles. The first-order valence-corrected chi connectivity index (χ1v) is 6.09. The van der Waals surface area contributed by atoms with E-state index in [2.05, 4.69) is 5.10 Å². The van der Waals surface area contributed by atoms with Gasteiger partial charge in [0.15, 0.2) is 0 Å². The van der Waals surface area contributed by atoms with Crippen molar-refractivity contribution in [3.8, 4) is 11.3 Å². The molecule has 1 heterocycles. The van der Waals surface area contributed by atoms with Crippen molar-refractivity contribution in [1.29, 1.82) is 0 Å². The summed E-state index contributed by atoms with van der Waals surface area (Å²) < 4.78 is 1.51. The highest BCUT2D eigenvalue weighted by Crippen LogP contribution is 2.24. The zero-order chi connectivity index (χ0) is 14.2. The van der Waals surface area contributed by atoms with E-state index in [-0.39, 0.29) is 11.7 Å². The van der Waals surface area contributed by atoms with Gasteiger partial charge in [0, 0.05) is 17.3 Å². The zero-order valence-electron chi connectivity index (χ0n) is 11.2. The van der Waals surface area contributed by atoms with E-state index >= 15 is 0 Å². The second-order valence-corrected chi connectivity index (χ2v) is 4.83. The van der Waals surface area contributed by atoms with Crippen LogP contribution < -0.4 is 5.73 Å². The van der Waals surface area contributed by atoms with E-state index in [1.165, 1.54) is 4.68 Å². The molecule has 0 atom stereocenters. The van der Waals surface area contributed by atoms with Gasteiger partial charge in [-0.3, -0.25) is 4.68 Å². The summed E-state index contributed by atoms with van der Waals surface area (Å²) in [4.78, 5) is 11.2.